The lowest BCUT2D eigenvalue weighted by atomic mass is 10.1. The molecular formula is C14H18ClNO3S2. The topological polar surface area (TPSA) is 54.5 Å². The van der Waals surface area contributed by atoms with Crippen LogP contribution in [0.3, 0.4) is 0 Å². The van der Waals surface area contributed by atoms with Gasteiger partial charge >= 0.3 is 0 Å². The number of thioether (sulfide) groups is 1. The molecule has 116 valence electrons. The molecule has 0 N–H and O–H groups in total. The van der Waals surface area contributed by atoms with Gasteiger partial charge in [-0.1, -0.05) is 23.7 Å². The molecule has 1 aliphatic rings. The lowest BCUT2D eigenvalue weighted by molar-refractivity contribution is -0.119. The van der Waals surface area contributed by atoms with Gasteiger partial charge in [-0.2, -0.15) is 0 Å². The van der Waals surface area contributed by atoms with Crippen LogP contribution >= 0.6 is 23.4 Å². The van der Waals surface area contributed by atoms with Crippen LogP contribution in [0.4, 0.5) is 5.69 Å². The second-order valence-corrected chi connectivity index (χ2v) is 9.05. The van der Waals surface area contributed by atoms with Crippen LogP contribution in [0.1, 0.15) is 12.8 Å². The third kappa shape index (κ3) is 4.63. The molecule has 0 aromatic heterocycles. The Labute approximate surface area is 134 Å². The first kappa shape index (κ1) is 16.6. The van der Waals surface area contributed by atoms with E-state index in [0.717, 1.165) is 18.5 Å². The van der Waals surface area contributed by atoms with E-state index in [0.29, 0.717) is 17.3 Å². The molecule has 1 aromatic carbocycles. The summed E-state index contributed by atoms with van der Waals surface area (Å²) >= 11 is 7.58. The van der Waals surface area contributed by atoms with Gasteiger partial charge < -0.3 is 4.90 Å². The summed E-state index contributed by atoms with van der Waals surface area (Å²) in [5.41, 5.74) is 0.734. The van der Waals surface area contributed by atoms with Gasteiger partial charge in [-0.05, 0) is 25.0 Å². The third-order valence-corrected chi connectivity index (χ3v) is 6.11. The number of carbonyl (C=O) groups is 1. The zero-order valence-electron chi connectivity index (χ0n) is 11.8. The van der Waals surface area contributed by atoms with Crippen molar-refractivity contribution in [1.82, 2.24) is 0 Å². The molecule has 2 rings (SSSR count). The first-order valence-corrected chi connectivity index (χ1v) is 10.2. The summed E-state index contributed by atoms with van der Waals surface area (Å²) in [5, 5.41) is 0.379. The maximum atomic E-state index is 12.5. The van der Waals surface area contributed by atoms with E-state index in [-0.39, 0.29) is 16.9 Å². The highest BCUT2D eigenvalue weighted by molar-refractivity contribution is 8.01. The highest BCUT2D eigenvalue weighted by Crippen LogP contribution is 2.31. The second-order valence-electron chi connectivity index (χ2n) is 5.07. The molecule has 1 amide bonds. The van der Waals surface area contributed by atoms with E-state index in [9.17, 15) is 13.2 Å². The van der Waals surface area contributed by atoms with Gasteiger partial charge in [0.05, 0.1) is 21.7 Å². The van der Waals surface area contributed by atoms with Crippen molar-refractivity contribution in [2.75, 3.05) is 29.2 Å². The number of amides is 1. The number of para-hydroxylation sites is 1. The minimum Gasteiger partial charge on any atom is -0.310 e. The highest BCUT2D eigenvalue weighted by Gasteiger charge is 2.30. The predicted octanol–water partition coefficient (Wildman–Crippen LogP) is 2.61. The fraction of sp³-hybridized carbons (Fsp3) is 0.500. The van der Waals surface area contributed by atoms with Gasteiger partial charge in [-0.25, -0.2) is 8.42 Å². The maximum absolute atomic E-state index is 12.5. The van der Waals surface area contributed by atoms with Crippen molar-refractivity contribution in [3.63, 3.8) is 0 Å². The van der Waals surface area contributed by atoms with E-state index in [2.05, 4.69) is 0 Å². The Morgan fingerprint density at radius 1 is 1.38 bits per heavy atom. The monoisotopic (exact) mass is 347 g/mol. The Kier molecular flexibility index (Phi) is 5.57. The fourth-order valence-corrected chi connectivity index (χ4v) is 4.97. The second kappa shape index (κ2) is 7.03. The Morgan fingerprint density at radius 3 is 2.76 bits per heavy atom. The number of benzene rings is 1. The molecule has 7 heteroatoms. The minimum atomic E-state index is -2.98. The molecular weight excluding hydrogens is 330 g/mol. The smallest absolute Gasteiger partial charge is 0.240 e. The molecule has 1 atom stereocenters. The summed E-state index contributed by atoms with van der Waals surface area (Å²) in [5.74, 6) is 0.576. The number of sulfone groups is 1. The van der Waals surface area contributed by atoms with E-state index in [1.165, 1.54) is 18.0 Å². The summed E-state index contributed by atoms with van der Waals surface area (Å²) in [6.45, 7) is 0.658. The average molecular weight is 348 g/mol. The van der Waals surface area contributed by atoms with E-state index in [1.54, 1.807) is 11.0 Å². The number of piperidine rings is 1. The van der Waals surface area contributed by atoms with Crippen LogP contribution in [0, 0.1) is 0 Å². The molecule has 0 bridgehead atoms. The molecule has 1 saturated heterocycles. The van der Waals surface area contributed by atoms with Crippen LogP contribution in [0.2, 0.25) is 5.02 Å². The van der Waals surface area contributed by atoms with Gasteiger partial charge in [0.1, 0.15) is 9.84 Å². The molecule has 1 aromatic rings. The summed E-state index contributed by atoms with van der Waals surface area (Å²) in [6, 6.07) is 7.29. The molecule has 0 saturated carbocycles. The van der Waals surface area contributed by atoms with Gasteiger partial charge in [-0.15, -0.1) is 11.8 Å². The molecule has 0 radical (unpaired) electrons. The first-order chi connectivity index (χ1) is 9.88. The number of hydrogen-bond acceptors (Lipinski definition) is 4. The van der Waals surface area contributed by atoms with Crippen molar-refractivity contribution in [3.8, 4) is 0 Å². The lowest BCUT2D eigenvalue weighted by Crippen LogP contribution is -2.43. The van der Waals surface area contributed by atoms with Gasteiger partial charge in [0, 0.05) is 18.6 Å². The fourth-order valence-electron chi connectivity index (χ4n) is 2.25. The van der Waals surface area contributed by atoms with Gasteiger partial charge in [-0.3, -0.25) is 4.79 Å². The number of nitrogens with zero attached hydrogens (tertiary/aromatic N) is 1. The Hall–Kier alpha value is -0.720. The van der Waals surface area contributed by atoms with Crippen LogP contribution in [0.5, 0.6) is 0 Å². The molecule has 0 aliphatic carbocycles. The Morgan fingerprint density at radius 2 is 2.10 bits per heavy atom. The maximum Gasteiger partial charge on any atom is 0.240 e. The van der Waals surface area contributed by atoms with E-state index in [4.69, 9.17) is 11.6 Å². The van der Waals surface area contributed by atoms with E-state index >= 15 is 0 Å². The molecule has 4 nitrogen and oxygen atoms in total. The van der Waals surface area contributed by atoms with Crippen LogP contribution in [0.15, 0.2) is 24.3 Å². The summed E-state index contributed by atoms with van der Waals surface area (Å²) in [7, 11) is -2.98. The van der Waals surface area contributed by atoms with Crippen LogP contribution in [0.25, 0.3) is 0 Å². The van der Waals surface area contributed by atoms with Gasteiger partial charge in [0.2, 0.25) is 5.91 Å². The quantitative estimate of drug-likeness (QED) is 0.821. The zero-order chi connectivity index (χ0) is 15.5. The summed E-state index contributed by atoms with van der Waals surface area (Å²) < 4.78 is 22.3. The number of halogens is 1. The Balaban J connectivity index is 2.03. The number of hydrogen-bond donors (Lipinski definition) is 0. The third-order valence-electron chi connectivity index (χ3n) is 3.31. The van der Waals surface area contributed by atoms with E-state index < -0.39 is 9.84 Å². The number of anilines is 1. The molecule has 21 heavy (non-hydrogen) atoms. The first-order valence-electron chi connectivity index (χ1n) is 6.74. The van der Waals surface area contributed by atoms with Crippen LogP contribution in [-0.2, 0) is 14.6 Å². The highest BCUT2D eigenvalue weighted by atomic mass is 35.5. The van der Waals surface area contributed by atoms with Gasteiger partial charge in [0.25, 0.3) is 0 Å². The molecule has 0 spiro atoms. The van der Waals surface area contributed by atoms with Crippen LogP contribution < -0.4 is 4.90 Å². The standard InChI is InChI=1S/C14H18ClNO3S2/c1-21(18,19)10-9-20-13-7-4-8-16(14(13)17)12-6-3-2-5-11(12)15/h2-3,5-6,13H,4,7-10H2,1H3/t13-/m1/s1. The van der Waals surface area contributed by atoms with Crippen molar-refractivity contribution in [1.29, 1.82) is 0 Å². The number of carbonyl (C=O) groups excluding carboxylic acids is 1. The van der Waals surface area contributed by atoms with Crippen molar-refractivity contribution >= 4 is 44.8 Å². The molecule has 0 unspecified atom stereocenters. The van der Waals surface area contributed by atoms with Crippen molar-refractivity contribution < 1.29 is 13.2 Å². The summed E-state index contributed by atoms with van der Waals surface area (Å²) in [6.07, 6.45) is 2.90. The molecule has 1 fully saturated rings. The SMILES string of the molecule is CS(=O)(=O)CCS[C@@H]1CCCN(c2ccccc2Cl)C1=O. The normalized spacial score (nSPS) is 19.8. The molecule has 1 aliphatic heterocycles. The largest absolute Gasteiger partial charge is 0.310 e. The predicted molar refractivity (Wildman–Crippen MR) is 89.0 cm³/mol. The molecule has 1 heterocycles. The zero-order valence-corrected chi connectivity index (χ0v) is 14.2. The van der Waals surface area contributed by atoms with Crippen molar-refractivity contribution in [2.24, 2.45) is 0 Å². The number of rotatable bonds is 5. The average Bonchev–Trinajstić information content (AvgIpc) is 2.40. The minimum absolute atomic E-state index is 0.0212. The van der Waals surface area contributed by atoms with E-state index in [1.807, 2.05) is 18.2 Å². The van der Waals surface area contributed by atoms with Crippen LogP contribution in [-0.4, -0.2) is 43.9 Å². The lowest BCUT2D eigenvalue weighted by Gasteiger charge is -2.32. The Bertz CT molecular complexity index is 618. The van der Waals surface area contributed by atoms with Crippen molar-refractivity contribution in [2.45, 2.75) is 18.1 Å². The summed E-state index contributed by atoms with van der Waals surface area (Å²) in [4.78, 5) is 14.2. The van der Waals surface area contributed by atoms with Crippen molar-refractivity contribution in [3.05, 3.63) is 29.3 Å². The van der Waals surface area contributed by atoms with Gasteiger partial charge in [0.15, 0.2) is 0 Å².